The highest BCUT2D eigenvalue weighted by Crippen LogP contribution is 2.23. The second-order valence-electron chi connectivity index (χ2n) is 4.40. The number of halogens is 1. The number of aryl methyl sites for hydroxylation is 2. The lowest BCUT2D eigenvalue weighted by Crippen LogP contribution is -2.27. The standard InChI is InChI=1S/C12H14ClN3O3S/c1-7-12(9(3)19-15-7)8(2)16-20(17,18)10-4-5-14-11(13)6-10/h4-6,8,16H,1-3H3. The Bertz CT molecular complexity index is 708. The highest BCUT2D eigenvalue weighted by Gasteiger charge is 2.23. The fraction of sp³-hybridized carbons (Fsp3) is 0.333. The van der Waals surface area contributed by atoms with E-state index in [2.05, 4.69) is 14.9 Å². The molecule has 0 saturated carbocycles. The molecule has 0 amide bonds. The van der Waals surface area contributed by atoms with Crippen molar-refractivity contribution >= 4 is 21.6 Å². The average Bonchev–Trinajstić information content (AvgIpc) is 2.68. The van der Waals surface area contributed by atoms with Gasteiger partial charge in [0.05, 0.1) is 10.6 Å². The van der Waals surface area contributed by atoms with Crippen LogP contribution in [0.1, 0.15) is 30.0 Å². The molecule has 0 aliphatic carbocycles. The van der Waals surface area contributed by atoms with Crippen molar-refractivity contribution in [3.63, 3.8) is 0 Å². The van der Waals surface area contributed by atoms with Gasteiger partial charge >= 0.3 is 0 Å². The second kappa shape index (κ2) is 5.51. The Balaban J connectivity index is 2.29. The van der Waals surface area contributed by atoms with E-state index in [0.717, 1.165) is 5.56 Å². The van der Waals surface area contributed by atoms with Crippen LogP contribution in [-0.4, -0.2) is 18.6 Å². The Morgan fingerprint density at radius 2 is 2.10 bits per heavy atom. The van der Waals surface area contributed by atoms with E-state index >= 15 is 0 Å². The van der Waals surface area contributed by atoms with Crippen molar-refractivity contribution < 1.29 is 12.9 Å². The van der Waals surface area contributed by atoms with Gasteiger partial charge in [-0.2, -0.15) is 0 Å². The minimum Gasteiger partial charge on any atom is -0.361 e. The normalized spacial score (nSPS) is 13.4. The summed E-state index contributed by atoms with van der Waals surface area (Å²) in [7, 11) is -3.69. The summed E-state index contributed by atoms with van der Waals surface area (Å²) in [6.45, 7) is 5.23. The number of sulfonamides is 1. The van der Waals surface area contributed by atoms with E-state index in [0.29, 0.717) is 11.5 Å². The van der Waals surface area contributed by atoms with Crippen LogP contribution in [0.4, 0.5) is 0 Å². The quantitative estimate of drug-likeness (QED) is 0.875. The molecule has 0 aliphatic heterocycles. The smallest absolute Gasteiger partial charge is 0.241 e. The van der Waals surface area contributed by atoms with Gasteiger partial charge in [0.2, 0.25) is 10.0 Å². The molecular formula is C12H14ClN3O3S. The van der Waals surface area contributed by atoms with Gasteiger partial charge < -0.3 is 4.52 Å². The molecule has 2 heterocycles. The second-order valence-corrected chi connectivity index (χ2v) is 6.50. The number of nitrogens with zero attached hydrogens (tertiary/aromatic N) is 2. The maximum Gasteiger partial charge on any atom is 0.241 e. The van der Waals surface area contributed by atoms with Crippen LogP contribution in [0.3, 0.4) is 0 Å². The molecule has 1 N–H and O–H groups in total. The Morgan fingerprint density at radius 1 is 1.40 bits per heavy atom. The first-order chi connectivity index (χ1) is 9.31. The van der Waals surface area contributed by atoms with Crippen molar-refractivity contribution in [2.75, 3.05) is 0 Å². The van der Waals surface area contributed by atoms with Gasteiger partial charge in [0.1, 0.15) is 10.9 Å². The molecule has 1 unspecified atom stereocenters. The topological polar surface area (TPSA) is 85.1 Å². The van der Waals surface area contributed by atoms with Gasteiger partial charge in [-0.1, -0.05) is 16.8 Å². The fourth-order valence-corrected chi connectivity index (χ4v) is 3.48. The highest BCUT2D eigenvalue weighted by atomic mass is 35.5. The van der Waals surface area contributed by atoms with Crippen molar-refractivity contribution in [1.29, 1.82) is 0 Å². The minimum atomic E-state index is -3.69. The van der Waals surface area contributed by atoms with Crippen LogP contribution in [0.5, 0.6) is 0 Å². The lowest BCUT2D eigenvalue weighted by molar-refractivity contribution is 0.391. The number of rotatable bonds is 4. The number of hydrogen-bond donors (Lipinski definition) is 1. The maximum absolute atomic E-state index is 12.3. The Labute approximate surface area is 122 Å². The first-order valence-electron chi connectivity index (χ1n) is 5.88. The summed E-state index contributed by atoms with van der Waals surface area (Å²) in [4.78, 5) is 3.82. The highest BCUT2D eigenvalue weighted by molar-refractivity contribution is 7.89. The molecule has 0 saturated heterocycles. The summed E-state index contributed by atoms with van der Waals surface area (Å²) in [6.07, 6.45) is 1.34. The zero-order valence-corrected chi connectivity index (χ0v) is 12.8. The van der Waals surface area contributed by atoms with Crippen LogP contribution < -0.4 is 4.72 Å². The molecular weight excluding hydrogens is 302 g/mol. The van der Waals surface area contributed by atoms with E-state index in [1.807, 2.05) is 0 Å². The van der Waals surface area contributed by atoms with Crippen molar-refractivity contribution in [3.05, 3.63) is 40.5 Å². The molecule has 0 aliphatic rings. The molecule has 2 aromatic heterocycles. The molecule has 2 aromatic rings. The van der Waals surface area contributed by atoms with Crippen LogP contribution in [-0.2, 0) is 10.0 Å². The summed E-state index contributed by atoms with van der Waals surface area (Å²) in [5.41, 5.74) is 1.39. The molecule has 20 heavy (non-hydrogen) atoms. The van der Waals surface area contributed by atoms with Gasteiger partial charge in [-0.15, -0.1) is 0 Å². The average molecular weight is 316 g/mol. The largest absolute Gasteiger partial charge is 0.361 e. The molecule has 1 atom stereocenters. The summed E-state index contributed by atoms with van der Waals surface area (Å²) >= 11 is 5.71. The van der Waals surface area contributed by atoms with Crippen LogP contribution in [0.25, 0.3) is 0 Å². The van der Waals surface area contributed by atoms with E-state index < -0.39 is 16.1 Å². The summed E-state index contributed by atoms with van der Waals surface area (Å²) in [5, 5.41) is 3.94. The zero-order chi connectivity index (χ0) is 14.9. The summed E-state index contributed by atoms with van der Waals surface area (Å²) < 4.78 is 32.1. The molecule has 2 rings (SSSR count). The van der Waals surface area contributed by atoms with Crippen molar-refractivity contribution in [1.82, 2.24) is 14.9 Å². The third-order valence-electron chi connectivity index (χ3n) is 2.86. The molecule has 108 valence electrons. The Hall–Kier alpha value is -1.44. The van der Waals surface area contributed by atoms with E-state index in [1.54, 1.807) is 20.8 Å². The van der Waals surface area contributed by atoms with Gasteiger partial charge in [-0.25, -0.2) is 18.1 Å². The third kappa shape index (κ3) is 3.00. The van der Waals surface area contributed by atoms with Crippen molar-refractivity contribution in [2.45, 2.75) is 31.7 Å². The maximum atomic E-state index is 12.3. The van der Waals surface area contributed by atoms with Gasteiger partial charge in [0.25, 0.3) is 0 Å². The number of aromatic nitrogens is 2. The fourth-order valence-electron chi connectivity index (χ4n) is 2.02. The summed E-state index contributed by atoms with van der Waals surface area (Å²) in [6, 6.07) is 2.22. The van der Waals surface area contributed by atoms with Gasteiger partial charge in [0.15, 0.2) is 0 Å². The van der Waals surface area contributed by atoms with Gasteiger partial charge in [0, 0.05) is 17.8 Å². The summed E-state index contributed by atoms with van der Waals surface area (Å²) in [5.74, 6) is 0.588. The Morgan fingerprint density at radius 3 is 2.65 bits per heavy atom. The van der Waals surface area contributed by atoms with Crippen molar-refractivity contribution in [2.24, 2.45) is 0 Å². The van der Waals surface area contributed by atoms with E-state index in [4.69, 9.17) is 16.1 Å². The number of pyridine rings is 1. The molecule has 8 heteroatoms. The minimum absolute atomic E-state index is 0.0658. The first kappa shape index (κ1) is 15.0. The predicted molar refractivity (Wildman–Crippen MR) is 74.0 cm³/mol. The molecule has 0 radical (unpaired) electrons. The van der Waals surface area contributed by atoms with E-state index in [-0.39, 0.29) is 10.0 Å². The molecule has 6 nitrogen and oxygen atoms in total. The van der Waals surface area contributed by atoms with Crippen molar-refractivity contribution in [3.8, 4) is 0 Å². The first-order valence-corrected chi connectivity index (χ1v) is 7.74. The zero-order valence-electron chi connectivity index (χ0n) is 11.2. The van der Waals surface area contributed by atoms with Gasteiger partial charge in [-0.3, -0.25) is 0 Å². The number of hydrogen-bond acceptors (Lipinski definition) is 5. The van der Waals surface area contributed by atoms with Crippen LogP contribution in [0.15, 0.2) is 27.7 Å². The molecule has 0 fully saturated rings. The van der Waals surface area contributed by atoms with Gasteiger partial charge in [-0.05, 0) is 32.9 Å². The lowest BCUT2D eigenvalue weighted by Gasteiger charge is -2.14. The number of nitrogens with one attached hydrogen (secondary N) is 1. The van der Waals surface area contributed by atoms with E-state index in [1.165, 1.54) is 18.3 Å². The monoisotopic (exact) mass is 315 g/mol. The Kier molecular flexibility index (Phi) is 4.12. The van der Waals surface area contributed by atoms with Crippen LogP contribution >= 0.6 is 11.6 Å². The van der Waals surface area contributed by atoms with Crippen LogP contribution in [0.2, 0.25) is 5.15 Å². The molecule has 0 aromatic carbocycles. The lowest BCUT2D eigenvalue weighted by atomic mass is 10.1. The molecule has 0 spiro atoms. The van der Waals surface area contributed by atoms with E-state index in [9.17, 15) is 8.42 Å². The SMILES string of the molecule is Cc1noc(C)c1C(C)NS(=O)(=O)c1ccnc(Cl)c1. The molecule has 0 bridgehead atoms. The third-order valence-corrected chi connectivity index (χ3v) is 4.61. The van der Waals surface area contributed by atoms with Crippen LogP contribution in [0, 0.1) is 13.8 Å². The predicted octanol–water partition coefficient (Wildman–Crippen LogP) is 2.38.